The number of anilines is 1. The zero-order chi connectivity index (χ0) is 23.4. The van der Waals surface area contributed by atoms with E-state index in [9.17, 15) is 9.59 Å². The molecule has 2 amide bonds. The Bertz CT molecular complexity index is 1160. The van der Waals surface area contributed by atoms with E-state index < -0.39 is 5.91 Å². The van der Waals surface area contributed by atoms with Crippen LogP contribution in [-0.4, -0.2) is 31.6 Å². The van der Waals surface area contributed by atoms with E-state index in [0.29, 0.717) is 42.0 Å². The molecular weight excluding hydrogens is 422 g/mol. The minimum Gasteiger partial charge on any atom is -0.493 e. The number of furan rings is 1. The molecule has 1 aliphatic rings. The Morgan fingerprint density at radius 1 is 1.18 bits per heavy atom. The number of fused-ring (bicyclic) bond motifs is 1. The second kappa shape index (κ2) is 9.68. The van der Waals surface area contributed by atoms with Crippen LogP contribution in [0.3, 0.4) is 0 Å². The standard InChI is InChI=1S/C25H27N3O5/c1-16-11-18-5-3-4-6-20(18)28(16)14-23-19(9-10-32-23)25(30)27-13-17-7-8-21(22(12-17)31-2)33-15-24(26)29/h3-10,12,16H,11,13-15H2,1-2H3,(H2,26,29)(H,27,30). The lowest BCUT2D eigenvalue weighted by Crippen LogP contribution is -2.30. The molecule has 33 heavy (non-hydrogen) atoms. The van der Waals surface area contributed by atoms with Crippen LogP contribution in [0.5, 0.6) is 11.5 Å². The molecule has 0 bridgehead atoms. The molecule has 2 aromatic carbocycles. The Balaban J connectivity index is 1.41. The van der Waals surface area contributed by atoms with Gasteiger partial charge in [-0.05, 0) is 48.7 Å². The highest BCUT2D eigenvalue weighted by Crippen LogP contribution is 2.33. The number of methoxy groups -OCH3 is 1. The summed E-state index contributed by atoms with van der Waals surface area (Å²) in [7, 11) is 1.50. The van der Waals surface area contributed by atoms with Crippen LogP contribution in [-0.2, 0) is 24.3 Å². The molecule has 0 saturated heterocycles. The summed E-state index contributed by atoms with van der Waals surface area (Å²) in [5.74, 6) is 0.698. The van der Waals surface area contributed by atoms with Crippen LogP contribution in [0.2, 0.25) is 0 Å². The van der Waals surface area contributed by atoms with Crippen LogP contribution in [0.15, 0.2) is 59.2 Å². The van der Waals surface area contributed by atoms with Crippen molar-refractivity contribution in [1.82, 2.24) is 5.32 Å². The van der Waals surface area contributed by atoms with Crippen molar-refractivity contribution in [3.63, 3.8) is 0 Å². The SMILES string of the molecule is COc1cc(CNC(=O)c2ccoc2CN2c3ccccc3CC2C)ccc1OCC(N)=O. The Morgan fingerprint density at radius 2 is 2.00 bits per heavy atom. The summed E-state index contributed by atoms with van der Waals surface area (Å²) in [6, 6.07) is 15.5. The molecule has 0 radical (unpaired) electrons. The van der Waals surface area contributed by atoms with Gasteiger partial charge in [0.05, 0.1) is 25.5 Å². The summed E-state index contributed by atoms with van der Waals surface area (Å²) >= 11 is 0. The van der Waals surface area contributed by atoms with Gasteiger partial charge in [-0.15, -0.1) is 0 Å². The number of amides is 2. The molecule has 1 aromatic heterocycles. The van der Waals surface area contributed by atoms with Crippen LogP contribution in [0.25, 0.3) is 0 Å². The molecule has 172 valence electrons. The number of carbonyl (C=O) groups is 2. The van der Waals surface area contributed by atoms with Gasteiger partial charge in [-0.3, -0.25) is 9.59 Å². The van der Waals surface area contributed by atoms with Crippen LogP contribution < -0.4 is 25.4 Å². The van der Waals surface area contributed by atoms with Crippen molar-refractivity contribution in [2.45, 2.75) is 32.5 Å². The van der Waals surface area contributed by atoms with Crippen molar-refractivity contribution in [2.75, 3.05) is 18.6 Å². The summed E-state index contributed by atoms with van der Waals surface area (Å²) in [5.41, 5.74) is 8.94. The van der Waals surface area contributed by atoms with Gasteiger partial charge < -0.3 is 29.8 Å². The average Bonchev–Trinajstić information content (AvgIpc) is 3.40. The lowest BCUT2D eigenvalue weighted by Gasteiger charge is -2.24. The predicted molar refractivity (Wildman–Crippen MR) is 123 cm³/mol. The number of hydrogen-bond donors (Lipinski definition) is 2. The highest BCUT2D eigenvalue weighted by Gasteiger charge is 2.28. The first-order valence-corrected chi connectivity index (χ1v) is 10.7. The monoisotopic (exact) mass is 449 g/mol. The average molecular weight is 450 g/mol. The number of nitrogens with one attached hydrogen (secondary N) is 1. The minimum absolute atomic E-state index is 0.216. The largest absolute Gasteiger partial charge is 0.493 e. The Kier molecular flexibility index (Phi) is 6.53. The van der Waals surface area contributed by atoms with Crippen molar-refractivity contribution >= 4 is 17.5 Å². The van der Waals surface area contributed by atoms with E-state index in [1.54, 1.807) is 30.5 Å². The number of hydrogen-bond acceptors (Lipinski definition) is 6. The molecule has 0 aliphatic carbocycles. The molecule has 3 aromatic rings. The molecule has 1 aliphatic heterocycles. The number of carbonyl (C=O) groups excluding carboxylic acids is 2. The molecule has 2 heterocycles. The first kappa shape index (κ1) is 22.3. The normalized spacial score (nSPS) is 14.6. The van der Waals surface area contributed by atoms with Gasteiger partial charge in [0, 0.05) is 18.3 Å². The van der Waals surface area contributed by atoms with Crippen molar-refractivity contribution in [3.05, 3.63) is 77.2 Å². The zero-order valence-electron chi connectivity index (χ0n) is 18.7. The molecule has 0 spiro atoms. The Labute approximate surface area is 192 Å². The molecule has 1 atom stereocenters. The molecule has 4 rings (SSSR count). The maximum atomic E-state index is 12.9. The fourth-order valence-electron chi connectivity index (χ4n) is 4.06. The number of ether oxygens (including phenoxy) is 2. The van der Waals surface area contributed by atoms with E-state index in [0.717, 1.165) is 12.0 Å². The van der Waals surface area contributed by atoms with E-state index in [-0.39, 0.29) is 12.5 Å². The number of nitrogens with two attached hydrogens (primary N) is 1. The predicted octanol–water partition coefficient (Wildman–Crippen LogP) is 3.03. The molecule has 1 unspecified atom stereocenters. The molecule has 0 fully saturated rings. The van der Waals surface area contributed by atoms with Crippen LogP contribution in [0.1, 0.15) is 34.2 Å². The fourth-order valence-corrected chi connectivity index (χ4v) is 4.06. The Morgan fingerprint density at radius 3 is 2.79 bits per heavy atom. The van der Waals surface area contributed by atoms with E-state index >= 15 is 0 Å². The third kappa shape index (κ3) is 4.95. The number of para-hydroxylation sites is 1. The van der Waals surface area contributed by atoms with Crippen LogP contribution >= 0.6 is 0 Å². The third-order valence-corrected chi connectivity index (χ3v) is 5.70. The van der Waals surface area contributed by atoms with E-state index in [1.165, 1.54) is 18.4 Å². The van der Waals surface area contributed by atoms with Crippen molar-refractivity contribution in [2.24, 2.45) is 5.73 Å². The van der Waals surface area contributed by atoms with Crippen LogP contribution in [0, 0.1) is 0 Å². The van der Waals surface area contributed by atoms with Crippen molar-refractivity contribution < 1.29 is 23.5 Å². The topological polar surface area (TPSA) is 107 Å². The van der Waals surface area contributed by atoms with Gasteiger partial charge >= 0.3 is 0 Å². The molecule has 8 nitrogen and oxygen atoms in total. The summed E-state index contributed by atoms with van der Waals surface area (Å²) in [5, 5.41) is 2.93. The second-order valence-electron chi connectivity index (χ2n) is 7.99. The second-order valence-corrected chi connectivity index (χ2v) is 7.99. The highest BCUT2D eigenvalue weighted by molar-refractivity contribution is 5.95. The first-order chi connectivity index (χ1) is 16.0. The van der Waals surface area contributed by atoms with Gasteiger partial charge in [-0.25, -0.2) is 0 Å². The smallest absolute Gasteiger partial charge is 0.255 e. The van der Waals surface area contributed by atoms with Crippen molar-refractivity contribution in [3.8, 4) is 11.5 Å². The van der Waals surface area contributed by atoms with E-state index in [1.807, 2.05) is 12.1 Å². The van der Waals surface area contributed by atoms with Gasteiger partial charge in [0.2, 0.25) is 0 Å². The summed E-state index contributed by atoms with van der Waals surface area (Å²) < 4.78 is 16.3. The fraction of sp³-hybridized carbons (Fsp3) is 0.280. The minimum atomic E-state index is -0.573. The maximum Gasteiger partial charge on any atom is 0.255 e. The van der Waals surface area contributed by atoms with Crippen molar-refractivity contribution in [1.29, 1.82) is 0 Å². The Hall–Kier alpha value is -3.94. The third-order valence-electron chi connectivity index (χ3n) is 5.70. The number of rotatable bonds is 9. The van der Waals surface area contributed by atoms with Crippen LogP contribution in [0.4, 0.5) is 5.69 Å². The quantitative estimate of drug-likeness (QED) is 0.520. The van der Waals surface area contributed by atoms with Gasteiger partial charge in [0.25, 0.3) is 11.8 Å². The maximum absolute atomic E-state index is 12.9. The number of primary amides is 1. The first-order valence-electron chi connectivity index (χ1n) is 10.7. The number of nitrogens with zero attached hydrogens (tertiary/aromatic N) is 1. The summed E-state index contributed by atoms with van der Waals surface area (Å²) in [6.45, 7) is 2.75. The van der Waals surface area contributed by atoms with Gasteiger partial charge in [0.1, 0.15) is 5.76 Å². The molecule has 3 N–H and O–H groups in total. The van der Waals surface area contributed by atoms with Gasteiger partial charge in [-0.1, -0.05) is 24.3 Å². The number of benzene rings is 2. The lowest BCUT2D eigenvalue weighted by molar-refractivity contribution is -0.119. The van der Waals surface area contributed by atoms with E-state index in [2.05, 4.69) is 29.3 Å². The molecular formula is C25H27N3O5. The lowest BCUT2D eigenvalue weighted by atomic mass is 10.1. The highest BCUT2D eigenvalue weighted by atomic mass is 16.5. The summed E-state index contributed by atoms with van der Waals surface area (Å²) in [4.78, 5) is 26.1. The molecule has 8 heteroatoms. The zero-order valence-corrected chi connectivity index (χ0v) is 18.7. The summed E-state index contributed by atoms with van der Waals surface area (Å²) in [6.07, 6.45) is 2.52. The van der Waals surface area contributed by atoms with Gasteiger partial charge in [0.15, 0.2) is 18.1 Å². The van der Waals surface area contributed by atoms with E-state index in [4.69, 9.17) is 19.6 Å². The molecule has 0 saturated carbocycles. The van der Waals surface area contributed by atoms with Gasteiger partial charge in [-0.2, -0.15) is 0 Å².